The highest BCUT2D eigenvalue weighted by Crippen LogP contribution is 2.41. The maximum Gasteiger partial charge on any atom is 0.176 e. The van der Waals surface area contributed by atoms with Gasteiger partial charge in [0.1, 0.15) is 0 Å². The molecule has 0 radical (unpaired) electrons. The van der Waals surface area contributed by atoms with Gasteiger partial charge in [-0.25, -0.2) is 0 Å². The first-order valence-corrected chi connectivity index (χ1v) is 15.4. The first-order valence-electron chi connectivity index (χ1n) is 15.4. The van der Waals surface area contributed by atoms with Crippen LogP contribution in [-0.2, 0) is 44.6 Å². The first kappa shape index (κ1) is 31.7. The largest absolute Gasteiger partial charge is 0.348 e. The minimum Gasteiger partial charge on any atom is -0.348 e. The monoisotopic (exact) mass is 620 g/mol. The Labute approximate surface area is 274 Å². The molecule has 2 aliphatic rings. The summed E-state index contributed by atoms with van der Waals surface area (Å²) in [5.74, 6) is -1.93. The highest BCUT2D eigenvalue weighted by Gasteiger charge is 2.51. The molecular formula is C39H32N4O4. The molecular weight excluding hydrogens is 588 g/mol. The van der Waals surface area contributed by atoms with Gasteiger partial charge in [0.15, 0.2) is 11.6 Å². The summed E-state index contributed by atoms with van der Waals surface area (Å²) in [4.78, 5) is 0. The van der Waals surface area contributed by atoms with Gasteiger partial charge in [0.25, 0.3) is 0 Å². The lowest BCUT2D eigenvalue weighted by Gasteiger charge is -2.51. The predicted octanol–water partition coefficient (Wildman–Crippen LogP) is 5.92. The Hall–Kier alpha value is -5.32. The van der Waals surface area contributed by atoms with E-state index >= 15 is 0 Å². The van der Waals surface area contributed by atoms with E-state index in [4.69, 9.17) is 18.9 Å². The fraction of sp³-hybridized carbons (Fsp3) is 0.282. The topological polar surface area (TPSA) is 132 Å². The van der Waals surface area contributed by atoms with E-state index in [0.29, 0.717) is 74.4 Å². The van der Waals surface area contributed by atoms with Gasteiger partial charge < -0.3 is 18.9 Å². The lowest BCUT2D eigenvalue weighted by molar-refractivity contribution is -0.366. The van der Waals surface area contributed by atoms with Crippen LogP contribution >= 0.6 is 0 Å². The van der Waals surface area contributed by atoms with Gasteiger partial charge in [0.05, 0.1) is 78.4 Å². The van der Waals surface area contributed by atoms with Gasteiger partial charge in [-0.3, -0.25) is 0 Å². The molecule has 2 saturated heterocycles. The molecule has 0 saturated carbocycles. The summed E-state index contributed by atoms with van der Waals surface area (Å²) < 4.78 is 26.6. The van der Waals surface area contributed by atoms with Crippen LogP contribution in [-0.4, -0.2) is 38.0 Å². The third-order valence-corrected chi connectivity index (χ3v) is 8.79. The number of benzene rings is 4. The van der Waals surface area contributed by atoms with Crippen LogP contribution in [0.2, 0.25) is 0 Å². The highest BCUT2D eigenvalue weighted by molar-refractivity contribution is 5.36. The summed E-state index contributed by atoms with van der Waals surface area (Å²) in [5.41, 5.74) is 5.73. The predicted molar refractivity (Wildman–Crippen MR) is 171 cm³/mol. The van der Waals surface area contributed by atoms with Crippen molar-refractivity contribution in [3.05, 3.63) is 142 Å². The third-order valence-electron chi connectivity index (χ3n) is 8.79. The maximum absolute atomic E-state index is 9.25. The Bertz CT molecular complexity index is 1590. The van der Waals surface area contributed by atoms with E-state index in [1.54, 1.807) is 48.5 Å². The van der Waals surface area contributed by atoms with E-state index in [2.05, 4.69) is 24.3 Å². The SMILES string of the molecule is N#Cc1ccc(CC2(Cc3ccc(C#N)cc3)OCC3(CO2)COC(Cc2ccc(C#N)cc2)(Cc2ccc(C#N)cc2)OC3)cc1. The van der Waals surface area contributed by atoms with Crippen LogP contribution < -0.4 is 0 Å². The van der Waals surface area contributed by atoms with E-state index in [1.165, 1.54) is 0 Å². The lowest BCUT2D eigenvalue weighted by atomic mass is 9.86. The van der Waals surface area contributed by atoms with E-state index in [1.807, 2.05) is 48.5 Å². The van der Waals surface area contributed by atoms with Crippen LogP contribution in [0.15, 0.2) is 97.1 Å². The molecule has 6 rings (SSSR count). The van der Waals surface area contributed by atoms with Crippen LogP contribution in [0, 0.1) is 50.7 Å². The van der Waals surface area contributed by atoms with Crippen molar-refractivity contribution >= 4 is 0 Å². The zero-order valence-corrected chi connectivity index (χ0v) is 25.8. The van der Waals surface area contributed by atoms with Crippen molar-refractivity contribution in [1.29, 1.82) is 21.0 Å². The number of hydrogen-bond acceptors (Lipinski definition) is 8. The average Bonchev–Trinajstić information content (AvgIpc) is 3.12. The smallest absolute Gasteiger partial charge is 0.176 e. The molecule has 0 N–H and O–H groups in total. The molecule has 8 nitrogen and oxygen atoms in total. The minimum atomic E-state index is -0.965. The Morgan fingerprint density at radius 3 is 0.787 bits per heavy atom. The number of nitriles is 4. The molecule has 1 spiro atoms. The Morgan fingerprint density at radius 1 is 0.383 bits per heavy atom. The van der Waals surface area contributed by atoms with Gasteiger partial charge >= 0.3 is 0 Å². The normalized spacial score (nSPS) is 17.4. The molecule has 232 valence electrons. The van der Waals surface area contributed by atoms with E-state index < -0.39 is 17.0 Å². The molecule has 0 unspecified atom stereocenters. The van der Waals surface area contributed by atoms with Crippen LogP contribution in [0.3, 0.4) is 0 Å². The fourth-order valence-corrected chi connectivity index (χ4v) is 6.04. The van der Waals surface area contributed by atoms with Gasteiger partial charge in [0, 0.05) is 25.7 Å². The average molecular weight is 621 g/mol. The van der Waals surface area contributed by atoms with Crippen LogP contribution in [0.25, 0.3) is 0 Å². The molecule has 0 aromatic heterocycles. The van der Waals surface area contributed by atoms with Crippen LogP contribution in [0.5, 0.6) is 0 Å². The highest BCUT2D eigenvalue weighted by atomic mass is 16.7. The van der Waals surface area contributed by atoms with Crippen LogP contribution in [0.4, 0.5) is 0 Å². The second-order valence-corrected chi connectivity index (χ2v) is 12.4. The molecule has 0 bridgehead atoms. The molecule has 4 aromatic carbocycles. The standard InChI is InChI=1S/C39H32N4O4/c40-21-33-9-1-29(2-10-33)17-38(18-30-3-11-34(22-41)12-4-30)44-25-37(26-45-38)27-46-39(47-28-37,19-31-5-13-35(23-42)14-6-31)20-32-7-15-36(24-43)16-8-32/h1-16H,17-20,25-28H2. The summed E-state index contributed by atoms with van der Waals surface area (Å²) in [5, 5.41) is 37.0. The van der Waals surface area contributed by atoms with Crippen molar-refractivity contribution in [3.63, 3.8) is 0 Å². The minimum absolute atomic E-state index is 0.351. The summed E-state index contributed by atoms with van der Waals surface area (Å²) in [7, 11) is 0. The van der Waals surface area contributed by atoms with Gasteiger partial charge in [-0.15, -0.1) is 0 Å². The molecule has 2 aliphatic heterocycles. The first-order chi connectivity index (χ1) is 22.9. The number of rotatable bonds is 8. The van der Waals surface area contributed by atoms with E-state index in [9.17, 15) is 21.0 Å². The van der Waals surface area contributed by atoms with Crippen molar-refractivity contribution in [3.8, 4) is 24.3 Å². The Balaban J connectivity index is 1.21. The number of hydrogen-bond donors (Lipinski definition) is 0. The van der Waals surface area contributed by atoms with Crippen molar-refractivity contribution < 1.29 is 18.9 Å². The summed E-state index contributed by atoms with van der Waals surface area (Å²) in [6.07, 6.45) is 1.88. The van der Waals surface area contributed by atoms with Crippen molar-refractivity contribution in [2.45, 2.75) is 37.3 Å². The van der Waals surface area contributed by atoms with Crippen molar-refractivity contribution in [2.75, 3.05) is 26.4 Å². The molecule has 0 atom stereocenters. The molecule has 0 aliphatic carbocycles. The molecule has 47 heavy (non-hydrogen) atoms. The second kappa shape index (κ2) is 13.6. The van der Waals surface area contributed by atoms with Crippen molar-refractivity contribution in [1.82, 2.24) is 0 Å². The lowest BCUT2D eigenvalue weighted by Crippen LogP contribution is -2.60. The number of ether oxygens (including phenoxy) is 4. The van der Waals surface area contributed by atoms with E-state index in [-0.39, 0.29) is 0 Å². The van der Waals surface area contributed by atoms with Crippen molar-refractivity contribution in [2.24, 2.45) is 5.41 Å². The zero-order valence-electron chi connectivity index (χ0n) is 25.8. The molecule has 2 heterocycles. The van der Waals surface area contributed by atoms with E-state index in [0.717, 1.165) is 22.3 Å². The Morgan fingerprint density at radius 2 is 0.596 bits per heavy atom. The molecule has 0 amide bonds. The summed E-state index contributed by atoms with van der Waals surface area (Å²) in [6.45, 7) is 1.40. The molecule has 4 aromatic rings. The van der Waals surface area contributed by atoms with Gasteiger partial charge in [-0.1, -0.05) is 48.5 Å². The zero-order chi connectivity index (χ0) is 32.7. The van der Waals surface area contributed by atoms with Gasteiger partial charge in [0.2, 0.25) is 0 Å². The second-order valence-electron chi connectivity index (χ2n) is 12.4. The molecule has 8 heteroatoms. The molecule has 2 fully saturated rings. The summed E-state index contributed by atoms with van der Waals surface area (Å²) in [6, 6.07) is 38.3. The number of nitrogens with zero attached hydrogens (tertiary/aromatic N) is 4. The van der Waals surface area contributed by atoms with Gasteiger partial charge in [-0.05, 0) is 70.8 Å². The third kappa shape index (κ3) is 7.40. The van der Waals surface area contributed by atoms with Crippen LogP contribution in [0.1, 0.15) is 44.5 Å². The quantitative estimate of drug-likeness (QED) is 0.237. The maximum atomic E-state index is 9.25. The Kier molecular flexibility index (Phi) is 9.15. The summed E-state index contributed by atoms with van der Waals surface area (Å²) >= 11 is 0. The van der Waals surface area contributed by atoms with Gasteiger partial charge in [-0.2, -0.15) is 21.0 Å². The fourth-order valence-electron chi connectivity index (χ4n) is 6.04.